The molecule has 1 aliphatic carbocycles. The van der Waals surface area contributed by atoms with Crippen molar-refractivity contribution in [3.8, 4) is 44.5 Å². The highest BCUT2D eigenvalue weighted by molar-refractivity contribution is 6.30. The second-order valence-electron chi connectivity index (χ2n) is 10.7. The number of benzene rings is 6. The van der Waals surface area contributed by atoms with Gasteiger partial charge in [-0.25, -0.2) is 0 Å². The quantitative estimate of drug-likeness (QED) is 0.224. The van der Waals surface area contributed by atoms with E-state index >= 15 is 0 Å². The van der Waals surface area contributed by atoms with Gasteiger partial charge in [-0.15, -0.1) is 0 Å². The highest BCUT2D eigenvalue weighted by Crippen LogP contribution is 2.53. The first-order valence-electron chi connectivity index (χ1n) is 13.1. The zero-order valence-electron chi connectivity index (χ0n) is 21.5. The van der Waals surface area contributed by atoms with Gasteiger partial charge in [0.05, 0.1) is 0 Å². The summed E-state index contributed by atoms with van der Waals surface area (Å²) in [6.45, 7) is 4.69. The van der Waals surface area contributed by atoms with Crippen LogP contribution in [0.2, 0.25) is 5.02 Å². The van der Waals surface area contributed by atoms with Crippen LogP contribution < -0.4 is 0 Å². The maximum absolute atomic E-state index is 6.34. The predicted octanol–water partition coefficient (Wildman–Crippen LogP) is 10.8. The van der Waals surface area contributed by atoms with E-state index in [0.717, 1.165) is 5.02 Å². The van der Waals surface area contributed by atoms with E-state index in [9.17, 15) is 0 Å². The first-order valence-corrected chi connectivity index (χ1v) is 13.5. The summed E-state index contributed by atoms with van der Waals surface area (Å²) in [5, 5.41) is 3.25. The van der Waals surface area contributed by atoms with Crippen molar-refractivity contribution >= 4 is 22.4 Å². The average Bonchev–Trinajstić information content (AvgIpc) is 3.20. The number of hydrogen-bond acceptors (Lipinski definition) is 0. The predicted molar refractivity (Wildman–Crippen MR) is 163 cm³/mol. The molecule has 0 amide bonds. The van der Waals surface area contributed by atoms with Crippen LogP contribution in [-0.4, -0.2) is 0 Å². The lowest BCUT2D eigenvalue weighted by Crippen LogP contribution is -2.14. The monoisotopic (exact) mass is 506 g/mol. The van der Waals surface area contributed by atoms with E-state index in [0.29, 0.717) is 0 Å². The Morgan fingerprint density at radius 1 is 0.447 bits per heavy atom. The molecular weight excluding hydrogens is 480 g/mol. The Bertz CT molecular complexity index is 1830. The van der Waals surface area contributed by atoms with Crippen LogP contribution in [0.3, 0.4) is 0 Å². The highest BCUT2D eigenvalue weighted by atomic mass is 35.5. The van der Waals surface area contributed by atoms with Gasteiger partial charge in [-0.3, -0.25) is 0 Å². The highest BCUT2D eigenvalue weighted by Gasteiger charge is 2.36. The van der Waals surface area contributed by atoms with Crippen LogP contribution in [0.1, 0.15) is 25.0 Å². The minimum absolute atomic E-state index is 0.0409. The molecule has 0 nitrogen and oxygen atoms in total. The molecule has 0 saturated carbocycles. The lowest BCUT2D eigenvalue weighted by atomic mass is 9.81. The summed E-state index contributed by atoms with van der Waals surface area (Å²) < 4.78 is 0. The van der Waals surface area contributed by atoms with Crippen molar-refractivity contribution in [1.82, 2.24) is 0 Å². The zero-order chi connectivity index (χ0) is 25.9. The van der Waals surface area contributed by atoms with Gasteiger partial charge in [0.15, 0.2) is 0 Å². The first kappa shape index (κ1) is 23.0. The van der Waals surface area contributed by atoms with Crippen molar-refractivity contribution in [2.24, 2.45) is 0 Å². The lowest BCUT2D eigenvalue weighted by molar-refractivity contribution is 0.660. The Morgan fingerprint density at radius 3 is 1.92 bits per heavy atom. The van der Waals surface area contributed by atoms with E-state index < -0.39 is 0 Å². The molecule has 0 saturated heterocycles. The van der Waals surface area contributed by atoms with Crippen molar-refractivity contribution in [3.63, 3.8) is 0 Å². The fraction of sp³-hybridized carbons (Fsp3) is 0.0811. The summed E-state index contributed by atoms with van der Waals surface area (Å²) >= 11 is 6.34. The summed E-state index contributed by atoms with van der Waals surface area (Å²) in [5.74, 6) is 0. The van der Waals surface area contributed by atoms with Crippen LogP contribution in [0.25, 0.3) is 55.3 Å². The Hall–Kier alpha value is -4.13. The molecule has 6 aromatic carbocycles. The summed E-state index contributed by atoms with van der Waals surface area (Å²) in [7, 11) is 0. The van der Waals surface area contributed by atoms with Gasteiger partial charge in [0.25, 0.3) is 0 Å². The van der Waals surface area contributed by atoms with E-state index in [1.54, 1.807) is 0 Å². The summed E-state index contributed by atoms with van der Waals surface area (Å²) in [6, 6.07) is 45.9. The van der Waals surface area contributed by atoms with Crippen molar-refractivity contribution in [2.45, 2.75) is 19.3 Å². The van der Waals surface area contributed by atoms with Crippen LogP contribution in [-0.2, 0) is 5.41 Å². The Labute approximate surface area is 229 Å². The molecule has 182 valence electrons. The topological polar surface area (TPSA) is 0 Å². The van der Waals surface area contributed by atoms with Crippen LogP contribution >= 0.6 is 11.6 Å². The molecule has 0 aromatic heterocycles. The summed E-state index contributed by atoms with van der Waals surface area (Å²) in [5.41, 5.74) is 12.8. The molecular formula is C37H27Cl. The standard InChI is InChI=1S/C37H27Cl/c1-37(2)32-16-7-6-13-31(32)36-30(15-9-17-33(36)37)29-14-8-12-25-20-23-28(24-10-4-3-5-11-24)34(35(25)29)26-18-21-27(38)22-19-26/h3-23H,1-2H3. The van der Waals surface area contributed by atoms with Crippen LogP contribution in [0, 0.1) is 0 Å². The molecule has 0 fully saturated rings. The van der Waals surface area contributed by atoms with Crippen molar-refractivity contribution in [1.29, 1.82) is 0 Å². The van der Waals surface area contributed by atoms with Crippen molar-refractivity contribution in [3.05, 3.63) is 144 Å². The smallest absolute Gasteiger partial charge is 0.0406 e. The van der Waals surface area contributed by atoms with Gasteiger partial charge in [-0.05, 0) is 78.5 Å². The van der Waals surface area contributed by atoms with Gasteiger partial charge >= 0.3 is 0 Å². The van der Waals surface area contributed by atoms with Crippen LogP contribution in [0.5, 0.6) is 0 Å². The molecule has 0 radical (unpaired) electrons. The van der Waals surface area contributed by atoms with Gasteiger partial charge in [0.1, 0.15) is 0 Å². The molecule has 0 aliphatic heterocycles. The van der Waals surface area contributed by atoms with E-state index in [-0.39, 0.29) is 5.41 Å². The van der Waals surface area contributed by atoms with Gasteiger partial charge in [0.2, 0.25) is 0 Å². The summed E-state index contributed by atoms with van der Waals surface area (Å²) in [6.07, 6.45) is 0. The van der Waals surface area contributed by atoms with Crippen molar-refractivity contribution < 1.29 is 0 Å². The Balaban J connectivity index is 1.61. The second kappa shape index (κ2) is 8.72. The molecule has 6 aromatic rings. The molecule has 7 rings (SSSR count). The van der Waals surface area contributed by atoms with E-state index in [1.165, 1.54) is 66.4 Å². The normalized spacial score (nSPS) is 13.3. The number of halogens is 1. The Kier molecular flexibility index (Phi) is 5.28. The van der Waals surface area contributed by atoms with Gasteiger partial charge < -0.3 is 0 Å². The molecule has 1 aliphatic rings. The first-order chi connectivity index (χ1) is 18.5. The average molecular weight is 507 g/mol. The fourth-order valence-corrected chi connectivity index (χ4v) is 6.48. The maximum atomic E-state index is 6.34. The van der Waals surface area contributed by atoms with E-state index in [1.807, 2.05) is 12.1 Å². The Morgan fingerprint density at radius 2 is 1.11 bits per heavy atom. The second-order valence-corrected chi connectivity index (χ2v) is 11.1. The molecule has 0 N–H and O–H groups in total. The third kappa shape index (κ3) is 3.45. The maximum Gasteiger partial charge on any atom is 0.0406 e. The third-order valence-electron chi connectivity index (χ3n) is 8.16. The molecule has 1 heteroatoms. The van der Waals surface area contributed by atoms with E-state index in [4.69, 9.17) is 11.6 Å². The van der Waals surface area contributed by atoms with Gasteiger partial charge in [0, 0.05) is 10.4 Å². The molecule has 0 bridgehead atoms. The molecule has 38 heavy (non-hydrogen) atoms. The largest absolute Gasteiger partial charge is 0.0843 e. The van der Waals surface area contributed by atoms with Gasteiger partial charge in [-0.2, -0.15) is 0 Å². The molecule has 0 spiro atoms. The van der Waals surface area contributed by atoms with E-state index in [2.05, 4.69) is 129 Å². The summed E-state index contributed by atoms with van der Waals surface area (Å²) in [4.78, 5) is 0. The molecule has 0 heterocycles. The molecule has 0 atom stereocenters. The lowest BCUT2D eigenvalue weighted by Gasteiger charge is -2.22. The minimum atomic E-state index is -0.0409. The minimum Gasteiger partial charge on any atom is -0.0843 e. The van der Waals surface area contributed by atoms with Crippen LogP contribution in [0.4, 0.5) is 0 Å². The van der Waals surface area contributed by atoms with Crippen LogP contribution in [0.15, 0.2) is 127 Å². The molecule has 0 unspecified atom stereocenters. The fourth-order valence-electron chi connectivity index (χ4n) is 6.36. The number of hydrogen-bond donors (Lipinski definition) is 0. The number of fused-ring (bicyclic) bond motifs is 4. The van der Waals surface area contributed by atoms with Crippen molar-refractivity contribution in [2.75, 3.05) is 0 Å². The zero-order valence-corrected chi connectivity index (χ0v) is 22.3. The number of rotatable bonds is 3. The SMILES string of the molecule is CC1(C)c2ccccc2-c2c(-c3cccc4ccc(-c5ccccc5)c(-c5ccc(Cl)cc5)c34)cccc21. The third-order valence-corrected chi connectivity index (χ3v) is 8.41. The van der Waals surface area contributed by atoms with Gasteiger partial charge in [-0.1, -0.05) is 141 Å².